The number of rotatable bonds is 15. The van der Waals surface area contributed by atoms with Gasteiger partial charge in [0, 0.05) is 95.2 Å². The maximum Gasteiger partial charge on any atom is 0.390 e. The number of amides is 2. The molecule has 6 heterocycles. The van der Waals surface area contributed by atoms with Crippen molar-refractivity contribution < 1.29 is 27.9 Å². The largest absolute Gasteiger partial charge is 0.393 e. The van der Waals surface area contributed by atoms with Crippen LogP contribution in [0.4, 0.5) is 19.1 Å². The SMILES string of the molecule is Cn1c(=O)n([C@H]2CCC(=O)NC2=O)c2ccc(CCCN3CC(CCN4CCN(Cc5ccc(-c6cn(C7CCC(O)CC7)c7nc(NCCC(F)(F)F)ncc67)cc5)CC4)C3)cc21. The summed E-state index contributed by atoms with van der Waals surface area (Å²) in [6.07, 6.45) is 5.01. The number of aryl methyl sites for hydroxylation is 2. The molecule has 0 bridgehead atoms. The van der Waals surface area contributed by atoms with Crippen molar-refractivity contribution in [1.82, 2.24) is 43.7 Å². The van der Waals surface area contributed by atoms with E-state index in [0.29, 0.717) is 24.9 Å². The predicted molar refractivity (Wildman–Crippen MR) is 239 cm³/mol. The first-order chi connectivity index (χ1) is 30.8. The van der Waals surface area contributed by atoms with Crippen molar-refractivity contribution in [2.75, 3.05) is 64.2 Å². The van der Waals surface area contributed by atoms with Gasteiger partial charge in [0.15, 0.2) is 0 Å². The number of aliphatic hydroxyl groups is 1. The zero-order valence-electron chi connectivity index (χ0n) is 36.5. The number of fused-ring (bicyclic) bond motifs is 2. The van der Waals surface area contributed by atoms with Gasteiger partial charge >= 0.3 is 11.9 Å². The smallest absolute Gasteiger partial charge is 0.390 e. The molecule has 342 valence electrons. The molecule has 3 aromatic heterocycles. The van der Waals surface area contributed by atoms with E-state index in [1.54, 1.807) is 17.8 Å². The quantitative estimate of drug-likeness (QED) is 0.113. The molecular weight excluding hydrogens is 826 g/mol. The molecule has 3 aliphatic heterocycles. The van der Waals surface area contributed by atoms with E-state index in [4.69, 9.17) is 4.98 Å². The van der Waals surface area contributed by atoms with Crippen LogP contribution in [0.15, 0.2) is 59.7 Å². The molecule has 2 aromatic carbocycles. The molecule has 1 atom stereocenters. The number of imidazole rings is 1. The molecule has 17 heteroatoms. The first kappa shape index (κ1) is 44.1. The third-order valence-corrected chi connectivity index (χ3v) is 14.0. The molecule has 2 amide bonds. The number of aliphatic hydroxyl groups excluding tert-OH is 1. The minimum absolute atomic E-state index is 0.140. The zero-order valence-corrected chi connectivity index (χ0v) is 36.5. The van der Waals surface area contributed by atoms with Gasteiger partial charge in [-0.1, -0.05) is 30.3 Å². The van der Waals surface area contributed by atoms with Crippen LogP contribution >= 0.6 is 0 Å². The van der Waals surface area contributed by atoms with E-state index in [-0.39, 0.29) is 42.7 Å². The second kappa shape index (κ2) is 18.8. The van der Waals surface area contributed by atoms with Gasteiger partial charge in [-0.15, -0.1) is 0 Å². The lowest BCUT2D eigenvalue weighted by atomic mass is 9.93. The van der Waals surface area contributed by atoms with E-state index in [2.05, 4.69) is 77.5 Å². The van der Waals surface area contributed by atoms with Gasteiger partial charge in [-0.3, -0.25) is 28.9 Å². The Morgan fingerprint density at radius 1 is 0.875 bits per heavy atom. The summed E-state index contributed by atoms with van der Waals surface area (Å²) in [4.78, 5) is 54.1. The Bertz CT molecular complexity index is 2510. The summed E-state index contributed by atoms with van der Waals surface area (Å²) in [6, 6.07) is 14.2. The van der Waals surface area contributed by atoms with E-state index < -0.39 is 24.5 Å². The number of hydrogen-bond donors (Lipinski definition) is 3. The highest BCUT2D eigenvalue weighted by Crippen LogP contribution is 2.37. The number of alkyl halides is 3. The minimum atomic E-state index is -4.26. The average molecular weight is 885 g/mol. The van der Waals surface area contributed by atoms with E-state index in [1.165, 1.54) is 22.1 Å². The van der Waals surface area contributed by atoms with Gasteiger partial charge in [0.25, 0.3) is 0 Å². The second-order valence-electron chi connectivity index (χ2n) is 18.5. The van der Waals surface area contributed by atoms with Crippen molar-refractivity contribution in [2.45, 2.75) is 95.1 Å². The summed E-state index contributed by atoms with van der Waals surface area (Å²) < 4.78 is 43.7. The first-order valence-electron chi connectivity index (χ1n) is 23.0. The molecule has 1 saturated carbocycles. The van der Waals surface area contributed by atoms with Crippen LogP contribution in [0.2, 0.25) is 0 Å². The summed E-state index contributed by atoms with van der Waals surface area (Å²) >= 11 is 0. The predicted octanol–water partition coefficient (Wildman–Crippen LogP) is 5.64. The summed E-state index contributed by atoms with van der Waals surface area (Å²) in [5.41, 5.74) is 6.42. The minimum Gasteiger partial charge on any atom is -0.393 e. The number of carbonyl (C=O) groups is 2. The molecule has 5 aromatic rings. The molecule has 0 radical (unpaired) electrons. The maximum absolute atomic E-state index is 13.1. The van der Waals surface area contributed by atoms with E-state index >= 15 is 0 Å². The number of aromatic nitrogens is 5. The van der Waals surface area contributed by atoms with Gasteiger partial charge in [0.2, 0.25) is 17.8 Å². The Morgan fingerprint density at radius 3 is 2.34 bits per heavy atom. The molecule has 0 spiro atoms. The highest BCUT2D eigenvalue weighted by atomic mass is 19.4. The molecule has 4 aliphatic rings. The van der Waals surface area contributed by atoms with Crippen molar-refractivity contribution in [2.24, 2.45) is 13.0 Å². The number of carbonyl (C=O) groups excluding carboxylic acids is 2. The van der Waals surface area contributed by atoms with E-state index in [9.17, 15) is 32.7 Å². The van der Waals surface area contributed by atoms with Crippen LogP contribution in [0.25, 0.3) is 33.2 Å². The van der Waals surface area contributed by atoms with E-state index in [1.807, 2.05) is 6.07 Å². The van der Waals surface area contributed by atoms with Crippen LogP contribution in [0.5, 0.6) is 0 Å². The number of piperazine rings is 1. The Labute approximate surface area is 370 Å². The number of halogens is 3. The molecular formula is C47H59F3N10O4. The van der Waals surface area contributed by atoms with Crippen LogP contribution in [0.3, 0.4) is 0 Å². The van der Waals surface area contributed by atoms with Crippen molar-refractivity contribution in [3.8, 4) is 11.1 Å². The van der Waals surface area contributed by atoms with Crippen LogP contribution in [-0.2, 0) is 29.6 Å². The van der Waals surface area contributed by atoms with Crippen molar-refractivity contribution >= 4 is 39.8 Å². The number of likely N-dealkylation sites (tertiary alicyclic amines) is 1. The Kier molecular flexibility index (Phi) is 12.9. The summed E-state index contributed by atoms with van der Waals surface area (Å²) in [5.74, 6) is 0.196. The number of imide groups is 1. The van der Waals surface area contributed by atoms with Gasteiger partial charge in [0.1, 0.15) is 11.7 Å². The fraction of sp³-hybridized carbons (Fsp3) is 0.553. The third-order valence-electron chi connectivity index (χ3n) is 14.0. The number of anilines is 1. The number of benzene rings is 2. The van der Waals surface area contributed by atoms with Gasteiger partial charge in [0.05, 0.1) is 23.6 Å². The zero-order chi connectivity index (χ0) is 44.5. The Hall–Kier alpha value is -5.10. The molecule has 0 unspecified atom stereocenters. The van der Waals surface area contributed by atoms with Gasteiger partial charge in [-0.25, -0.2) is 9.78 Å². The van der Waals surface area contributed by atoms with Crippen molar-refractivity contribution in [1.29, 1.82) is 0 Å². The summed E-state index contributed by atoms with van der Waals surface area (Å²) in [6.45, 7) is 9.22. The third kappa shape index (κ3) is 9.92. The fourth-order valence-electron chi connectivity index (χ4n) is 10.2. The summed E-state index contributed by atoms with van der Waals surface area (Å²) in [5, 5.41) is 16.1. The van der Waals surface area contributed by atoms with Gasteiger partial charge in [-0.05, 0) is 99.2 Å². The number of piperidine rings is 1. The standard InChI is InChI=1S/C47H59F3N10O4/c1-55-41-25-31(6-13-39(41)60(46(55)64)40-14-15-42(62)53-44(40)63)3-2-19-58-28-33(29-58)16-20-56-21-23-57(24-22-56)27-32-4-7-34(8-5-32)38-30-59(35-9-11-36(61)12-10-35)43-37(38)26-52-45(54-43)51-18-17-47(48,49)50/h4-8,13,25-26,30,33,35-36,40,61H,2-3,9-12,14-24,27-29H2,1H3,(H,51,52,54)(H,53,62,63)/t35?,36?,40-/m0/s1. The van der Waals surface area contributed by atoms with Crippen LogP contribution in [0, 0.1) is 5.92 Å². The highest BCUT2D eigenvalue weighted by molar-refractivity contribution is 6.00. The molecule has 1 aliphatic carbocycles. The number of nitrogens with zero attached hydrogens (tertiary/aromatic N) is 8. The molecule has 9 rings (SSSR count). The molecule has 14 nitrogen and oxygen atoms in total. The van der Waals surface area contributed by atoms with Crippen molar-refractivity contribution in [3.63, 3.8) is 0 Å². The summed E-state index contributed by atoms with van der Waals surface area (Å²) in [7, 11) is 1.74. The van der Waals surface area contributed by atoms with Gasteiger partial charge in [-0.2, -0.15) is 18.2 Å². The van der Waals surface area contributed by atoms with Crippen molar-refractivity contribution in [3.05, 3.63) is 76.5 Å². The topological polar surface area (TPSA) is 146 Å². The average Bonchev–Trinajstić information content (AvgIpc) is 3.75. The second-order valence-corrected chi connectivity index (χ2v) is 18.5. The molecule has 64 heavy (non-hydrogen) atoms. The molecule has 3 N–H and O–H groups in total. The normalized spacial score (nSPS) is 22.0. The van der Waals surface area contributed by atoms with Crippen LogP contribution in [0.1, 0.15) is 81.0 Å². The first-order valence-corrected chi connectivity index (χ1v) is 23.0. The number of nitrogens with one attached hydrogen (secondary N) is 2. The Morgan fingerprint density at radius 2 is 1.61 bits per heavy atom. The molecule has 3 saturated heterocycles. The molecule has 4 fully saturated rings. The lowest BCUT2D eigenvalue weighted by Gasteiger charge is -2.41. The lowest BCUT2D eigenvalue weighted by Crippen LogP contribution is -2.50. The lowest BCUT2D eigenvalue weighted by molar-refractivity contribution is -0.136. The van der Waals surface area contributed by atoms with Crippen LogP contribution < -0.4 is 16.3 Å². The van der Waals surface area contributed by atoms with E-state index in [0.717, 1.165) is 118 Å². The fourth-order valence-corrected chi connectivity index (χ4v) is 10.2. The van der Waals surface area contributed by atoms with Gasteiger partial charge < -0.3 is 24.8 Å². The maximum atomic E-state index is 13.1. The Balaban J connectivity index is 0.711. The number of hydrogen-bond acceptors (Lipinski definition) is 10. The highest BCUT2D eigenvalue weighted by Gasteiger charge is 2.32. The van der Waals surface area contributed by atoms with Crippen LogP contribution in [-0.4, -0.2) is 126 Å². The monoisotopic (exact) mass is 884 g/mol.